The van der Waals surface area contributed by atoms with Crippen LogP contribution in [0.1, 0.15) is 17.0 Å². The minimum Gasteiger partial charge on any atom is -0.484 e. The van der Waals surface area contributed by atoms with E-state index in [1.165, 1.54) is 11.8 Å². The SMILES string of the molecule is Cc1cc(C)cc(NC(=O)CSc2nnc(COc3ccc(Cl)cc3)o2)c1. The van der Waals surface area contributed by atoms with Crippen molar-refractivity contribution in [3.05, 3.63) is 64.5 Å². The third-order valence-electron chi connectivity index (χ3n) is 3.46. The molecule has 1 N–H and O–H groups in total. The molecule has 3 rings (SSSR count). The summed E-state index contributed by atoms with van der Waals surface area (Å²) in [5.74, 6) is 1.02. The fourth-order valence-corrected chi connectivity index (χ4v) is 3.11. The van der Waals surface area contributed by atoms with Gasteiger partial charge in [-0.1, -0.05) is 29.4 Å². The topological polar surface area (TPSA) is 77.2 Å². The van der Waals surface area contributed by atoms with Gasteiger partial charge in [0.15, 0.2) is 6.61 Å². The number of ether oxygens (including phenoxy) is 1. The molecule has 0 spiro atoms. The Bertz CT molecular complexity index is 908. The Kier molecular flexibility index (Phi) is 6.36. The van der Waals surface area contributed by atoms with Crippen LogP contribution in [0.3, 0.4) is 0 Å². The standard InChI is InChI=1S/C19H18ClN3O3S/c1-12-7-13(2)9-15(8-12)21-17(24)11-27-19-23-22-18(26-19)10-25-16-5-3-14(20)4-6-16/h3-9H,10-11H2,1-2H3,(H,21,24). The summed E-state index contributed by atoms with van der Waals surface area (Å²) in [4.78, 5) is 12.1. The average Bonchev–Trinajstić information content (AvgIpc) is 3.06. The lowest BCUT2D eigenvalue weighted by Gasteiger charge is -2.06. The van der Waals surface area contributed by atoms with E-state index in [-0.39, 0.29) is 18.3 Å². The molecule has 140 valence electrons. The number of carbonyl (C=O) groups is 1. The monoisotopic (exact) mass is 403 g/mol. The predicted molar refractivity (Wildman–Crippen MR) is 105 cm³/mol. The van der Waals surface area contributed by atoms with Gasteiger partial charge in [0.25, 0.3) is 11.1 Å². The highest BCUT2D eigenvalue weighted by atomic mass is 35.5. The zero-order chi connectivity index (χ0) is 19.2. The average molecular weight is 404 g/mol. The van der Waals surface area contributed by atoms with Crippen molar-refractivity contribution in [3.63, 3.8) is 0 Å². The summed E-state index contributed by atoms with van der Waals surface area (Å²) in [7, 11) is 0. The number of aryl methyl sites for hydroxylation is 2. The van der Waals surface area contributed by atoms with Gasteiger partial charge in [0, 0.05) is 10.7 Å². The second-order valence-corrected chi connectivity index (χ2v) is 7.28. The molecule has 0 atom stereocenters. The Morgan fingerprint density at radius 2 is 1.85 bits per heavy atom. The van der Waals surface area contributed by atoms with Gasteiger partial charge in [-0.05, 0) is 61.4 Å². The first-order valence-corrected chi connectivity index (χ1v) is 9.56. The number of anilines is 1. The largest absolute Gasteiger partial charge is 0.484 e. The number of nitrogens with one attached hydrogen (secondary N) is 1. The van der Waals surface area contributed by atoms with Crippen molar-refractivity contribution < 1.29 is 13.9 Å². The van der Waals surface area contributed by atoms with Crippen LogP contribution in [0.5, 0.6) is 5.75 Å². The molecule has 0 unspecified atom stereocenters. The molecule has 0 bridgehead atoms. The van der Waals surface area contributed by atoms with Gasteiger partial charge < -0.3 is 14.5 Å². The third-order valence-corrected chi connectivity index (χ3v) is 4.53. The normalized spacial score (nSPS) is 10.6. The zero-order valence-corrected chi connectivity index (χ0v) is 16.4. The molecule has 0 fully saturated rings. The molecule has 6 nitrogen and oxygen atoms in total. The molecular formula is C19H18ClN3O3S. The summed E-state index contributed by atoms with van der Waals surface area (Å²) in [6, 6.07) is 12.9. The fourth-order valence-electron chi connectivity index (χ4n) is 2.40. The summed E-state index contributed by atoms with van der Waals surface area (Å²) in [5, 5.41) is 11.7. The van der Waals surface area contributed by atoms with Crippen LogP contribution in [0.2, 0.25) is 5.02 Å². The molecule has 27 heavy (non-hydrogen) atoms. The summed E-state index contributed by atoms with van der Waals surface area (Å²) in [5.41, 5.74) is 2.97. The van der Waals surface area contributed by atoms with E-state index in [1.807, 2.05) is 26.0 Å². The van der Waals surface area contributed by atoms with E-state index in [2.05, 4.69) is 21.6 Å². The number of benzene rings is 2. The molecular weight excluding hydrogens is 386 g/mol. The predicted octanol–water partition coefficient (Wildman–Crippen LogP) is 4.65. The number of aromatic nitrogens is 2. The van der Waals surface area contributed by atoms with Crippen molar-refractivity contribution in [1.82, 2.24) is 10.2 Å². The first-order chi connectivity index (χ1) is 13.0. The molecule has 0 aliphatic heterocycles. The van der Waals surface area contributed by atoms with Crippen LogP contribution < -0.4 is 10.1 Å². The molecule has 8 heteroatoms. The summed E-state index contributed by atoms with van der Waals surface area (Å²) >= 11 is 7.00. The Morgan fingerprint density at radius 3 is 2.56 bits per heavy atom. The van der Waals surface area contributed by atoms with Crippen LogP contribution >= 0.6 is 23.4 Å². The van der Waals surface area contributed by atoms with E-state index < -0.39 is 0 Å². The highest BCUT2D eigenvalue weighted by Gasteiger charge is 2.11. The van der Waals surface area contributed by atoms with Crippen molar-refractivity contribution >= 4 is 35.0 Å². The molecule has 2 aromatic carbocycles. The maximum absolute atomic E-state index is 12.1. The molecule has 1 aromatic heterocycles. The smallest absolute Gasteiger partial charge is 0.277 e. The molecule has 3 aromatic rings. The quantitative estimate of drug-likeness (QED) is 0.578. The Labute approximate surface area is 166 Å². The Morgan fingerprint density at radius 1 is 1.15 bits per heavy atom. The van der Waals surface area contributed by atoms with Crippen LogP contribution in [0.15, 0.2) is 52.1 Å². The van der Waals surface area contributed by atoms with Crippen LogP contribution in [0.4, 0.5) is 5.69 Å². The molecule has 0 aliphatic rings. The molecule has 0 saturated carbocycles. The van der Waals surface area contributed by atoms with Crippen molar-refractivity contribution in [2.75, 3.05) is 11.1 Å². The minimum absolute atomic E-state index is 0.137. The van der Waals surface area contributed by atoms with Gasteiger partial charge >= 0.3 is 0 Å². The number of rotatable bonds is 7. The third kappa shape index (κ3) is 6.01. The zero-order valence-electron chi connectivity index (χ0n) is 14.9. The fraction of sp³-hybridized carbons (Fsp3) is 0.211. The van der Waals surface area contributed by atoms with Crippen LogP contribution in [-0.4, -0.2) is 21.9 Å². The van der Waals surface area contributed by atoms with Gasteiger partial charge in [-0.3, -0.25) is 4.79 Å². The van der Waals surface area contributed by atoms with Gasteiger partial charge in [0.2, 0.25) is 5.91 Å². The molecule has 0 radical (unpaired) electrons. The number of carbonyl (C=O) groups excluding carboxylic acids is 1. The van der Waals surface area contributed by atoms with Crippen LogP contribution in [-0.2, 0) is 11.4 Å². The van der Waals surface area contributed by atoms with E-state index >= 15 is 0 Å². The number of nitrogens with zero attached hydrogens (tertiary/aromatic N) is 2. The van der Waals surface area contributed by atoms with Crippen molar-refractivity contribution in [2.45, 2.75) is 25.7 Å². The highest BCUT2D eigenvalue weighted by molar-refractivity contribution is 7.99. The molecule has 1 amide bonds. The summed E-state index contributed by atoms with van der Waals surface area (Å²) in [6.45, 7) is 4.12. The van der Waals surface area contributed by atoms with Crippen molar-refractivity contribution in [2.24, 2.45) is 0 Å². The maximum Gasteiger partial charge on any atom is 0.277 e. The van der Waals surface area contributed by atoms with Gasteiger partial charge in [-0.2, -0.15) is 0 Å². The second kappa shape index (κ2) is 8.92. The first-order valence-electron chi connectivity index (χ1n) is 8.19. The number of hydrogen-bond donors (Lipinski definition) is 1. The summed E-state index contributed by atoms with van der Waals surface area (Å²) < 4.78 is 11.0. The van der Waals surface area contributed by atoms with E-state index in [0.717, 1.165) is 16.8 Å². The summed E-state index contributed by atoms with van der Waals surface area (Å²) in [6.07, 6.45) is 0. The lowest BCUT2D eigenvalue weighted by molar-refractivity contribution is -0.113. The minimum atomic E-state index is -0.137. The van der Waals surface area contributed by atoms with E-state index in [0.29, 0.717) is 21.9 Å². The Hall–Kier alpha value is -2.51. The van der Waals surface area contributed by atoms with Gasteiger partial charge in [0.05, 0.1) is 5.75 Å². The van der Waals surface area contributed by atoms with Crippen LogP contribution in [0.25, 0.3) is 0 Å². The van der Waals surface area contributed by atoms with Crippen molar-refractivity contribution in [1.29, 1.82) is 0 Å². The van der Waals surface area contributed by atoms with E-state index in [1.54, 1.807) is 24.3 Å². The maximum atomic E-state index is 12.1. The Balaban J connectivity index is 1.47. The molecule has 0 aliphatic carbocycles. The number of halogens is 1. The van der Waals surface area contributed by atoms with Crippen molar-refractivity contribution in [3.8, 4) is 5.75 Å². The lowest BCUT2D eigenvalue weighted by Crippen LogP contribution is -2.14. The van der Waals surface area contributed by atoms with Gasteiger partial charge in [0.1, 0.15) is 5.75 Å². The van der Waals surface area contributed by atoms with Gasteiger partial charge in [-0.15, -0.1) is 10.2 Å². The van der Waals surface area contributed by atoms with E-state index in [9.17, 15) is 4.79 Å². The highest BCUT2D eigenvalue weighted by Crippen LogP contribution is 2.20. The lowest BCUT2D eigenvalue weighted by atomic mass is 10.1. The molecule has 0 saturated heterocycles. The van der Waals surface area contributed by atoms with E-state index in [4.69, 9.17) is 20.8 Å². The second-order valence-electron chi connectivity index (χ2n) is 5.92. The molecule has 1 heterocycles. The van der Waals surface area contributed by atoms with Gasteiger partial charge in [-0.25, -0.2) is 0 Å². The number of hydrogen-bond acceptors (Lipinski definition) is 6. The number of amides is 1. The van der Waals surface area contributed by atoms with Crippen LogP contribution in [0, 0.1) is 13.8 Å². The number of thioether (sulfide) groups is 1. The first kappa shape index (κ1) is 19.3.